The van der Waals surface area contributed by atoms with Gasteiger partial charge in [-0.1, -0.05) is 0 Å². The Morgan fingerprint density at radius 2 is 1.94 bits per heavy atom. The fraction of sp³-hybridized carbons (Fsp3) is 0.846. The van der Waals surface area contributed by atoms with E-state index in [0.29, 0.717) is 12.5 Å². The molecule has 1 amide bonds. The number of hydrogen-bond donors (Lipinski definition) is 1. The summed E-state index contributed by atoms with van der Waals surface area (Å²) < 4.78 is 9.89. The lowest BCUT2D eigenvalue weighted by Crippen LogP contribution is -2.43. The molecular formula is C13H23NO4. The molecule has 1 aliphatic rings. The second-order valence-electron chi connectivity index (χ2n) is 5.22. The first-order chi connectivity index (χ1) is 8.48. The van der Waals surface area contributed by atoms with Crippen LogP contribution in [0.15, 0.2) is 0 Å². The quantitative estimate of drug-likeness (QED) is 0.592. The standard InChI is InChI=1S/C13H23NO4/c1-13(2,12(16)17-3)11(15)14-7-4-10-5-8-18-9-6-10/h10H,4-9H2,1-3H3,(H,14,15). The van der Waals surface area contributed by atoms with E-state index in [1.165, 1.54) is 7.11 Å². The number of amides is 1. The van der Waals surface area contributed by atoms with Crippen molar-refractivity contribution in [3.8, 4) is 0 Å². The van der Waals surface area contributed by atoms with E-state index < -0.39 is 11.4 Å². The number of rotatable bonds is 5. The first kappa shape index (κ1) is 15.0. The molecule has 1 aliphatic heterocycles. The number of carbonyl (C=O) groups excluding carboxylic acids is 2. The molecule has 104 valence electrons. The van der Waals surface area contributed by atoms with E-state index in [2.05, 4.69) is 10.1 Å². The molecule has 1 saturated heterocycles. The van der Waals surface area contributed by atoms with Gasteiger partial charge in [0.15, 0.2) is 0 Å². The van der Waals surface area contributed by atoms with Crippen molar-refractivity contribution in [3.05, 3.63) is 0 Å². The lowest BCUT2D eigenvalue weighted by atomic mass is 9.92. The van der Waals surface area contributed by atoms with Gasteiger partial charge in [-0.25, -0.2) is 0 Å². The predicted molar refractivity (Wildman–Crippen MR) is 67.0 cm³/mol. The Morgan fingerprint density at radius 1 is 1.33 bits per heavy atom. The minimum Gasteiger partial charge on any atom is -0.468 e. The van der Waals surface area contributed by atoms with Crippen molar-refractivity contribution in [3.63, 3.8) is 0 Å². The fourth-order valence-electron chi connectivity index (χ4n) is 1.99. The topological polar surface area (TPSA) is 64.6 Å². The lowest BCUT2D eigenvalue weighted by Gasteiger charge is -2.24. The van der Waals surface area contributed by atoms with Crippen LogP contribution in [-0.2, 0) is 19.1 Å². The molecule has 1 rings (SSSR count). The van der Waals surface area contributed by atoms with Gasteiger partial charge in [-0.15, -0.1) is 0 Å². The Morgan fingerprint density at radius 3 is 2.50 bits per heavy atom. The van der Waals surface area contributed by atoms with Crippen LogP contribution < -0.4 is 5.32 Å². The van der Waals surface area contributed by atoms with Gasteiger partial charge in [-0.3, -0.25) is 9.59 Å². The van der Waals surface area contributed by atoms with Crippen molar-refractivity contribution in [1.29, 1.82) is 0 Å². The summed E-state index contributed by atoms with van der Waals surface area (Å²) in [6.07, 6.45) is 3.04. The summed E-state index contributed by atoms with van der Waals surface area (Å²) in [4.78, 5) is 23.3. The molecule has 0 spiro atoms. The first-order valence-corrected chi connectivity index (χ1v) is 6.43. The summed E-state index contributed by atoms with van der Waals surface area (Å²) >= 11 is 0. The maximum absolute atomic E-state index is 11.9. The highest BCUT2D eigenvalue weighted by molar-refractivity contribution is 6.01. The van der Waals surface area contributed by atoms with Crippen molar-refractivity contribution in [2.45, 2.75) is 33.1 Å². The largest absolute Gasteiger partial charge is 0.468 e. The van der Waals surface area contributed by atoms with Crippen molar-refractivity contribution < 1.29 is 19.1 Å². The third-order valence-corrected chi connectivity index (χ3v) is 3.44. The molecule has 0 bridgehead atoms. The zero-order valence-corrected chi connectivity index (χ0v) is 11.5. The highest BCUT2D eigenvalue weighted by Gasteiger charge is 2.36. The molecule has 1 N–H and O–H groups in total. The molecule has 0 aliphatic carbocycles. The number of nitrogens with one attached hydrogen (secondary N) is 1. The number of hydrogen-bond acceptors (Lipinski definition) is 4. The molecule has 1 fully saturated rings. The molecule has 0 saturated carbocycles. The predicted octanol–water partition coefficient (Wildman–Crippen LogP) is 1.12. The smallest absolute Gasteiger partial charge is 0.320 e. The molecule has 5 nitrogen and oxygen atoms in total. The molecular weight excluding hydrogens is 234 g/mol. The number of esters is 1. The zero-order chi connectivity index (χ0) is 13.6. The third-order valence-electron chi connectivity index (χ3n) is 3.44. The van der Waals surface area contributed by atoms with Crippen LogP contribution in [0.25, 0.3) is 0 Å². The van der Waals surface area contributed by atoms with Gasteiger partial charge in [0, 0.05) is 19.8 Å². The van der Waals surface area contributed by atoms with E-state index in [9.17, 15) is 9.59 Å². The maximum atomic E-state index is 11.9. The normalized spacial score (nSPS) is 17.3. The Labute approximate surface area is 108 Å². The van der Waals surface area contributed by atoms with Gasteiger partial charge in [0.25, 0.3) is 0 Å². The van der Waals surface area contributed by atoms with Crippen molar-refractivity contribution >= 4 is 11.9 Å². The first-order valence-electron chi connectivity index (χ1n) is 6.43. The highest BCUT2D eigenvalue weighted by atomic mass is 16.5. The van der Waals surface area contributed by atoms with E-state index in [-0.39, 0.29) is 5.91 Å². The van der Waals surface area contributed by atoms with Crippen LogP contribution in [0.5, 0.6) is 0 Å². The number of ether oxygens (including phenoxy) is 2. The SMILES string of the molecule is COC(=O)C(C)(C)C(=O)NCCC1CCOCC1. The zero-order valence-electron chi connectivity index (χ0n) is 11.5. The van der Waals surface area contributed by atoms with Crippen LogP contribution in [0.4, 0.5) is 0 Å². The lowest BCUT2D eigenvalue weighted by molar-refractivity contribution is -0.156. The van der Waals surface area contributed by atoms with E-state index in [4.69, 9.17) is 4.74 Å². The Kier molecular flexibility index (Phi) is 5.59. The van der Waals surface area contributed by atoms with E-state index in [1.807, 2.05) is 0 Å². The van der Waals surface area contributed by atoms with Crippen molar-refractivity contribution in [2.24, 2.45) is 11.3 Å². The molecule has 0 aromatic heterocycles. The number of methoxy groups -OCH3 is 1. The molecule has 0 aromatic rings. The van der Waals surface area contributed by atoms with Gasteiger partial charge in [-0.05, 0) is 39.0 Å². The molecule has 0 unspecified atom stereocenters. The molecule has 18 heavy (non-hydrogen) atoms. The van der Waals surface area contributed by atoms with Crippen molar-refractivity contribution in [2.75, 3.05) is 26.9 Å². The Bertz CT molecular complexity index is 295. The Hall–Kier alpha value is -1.10. The maximum Gasteiger partial charge on any atom is 0.320 e. The van der Waals surface area contributed by atoms with E-state index >= 15 is 0 Å². The average molecular weight is 257 g/mol. The van der Waals surface area contributed by atoms with Crippen molar-refractivity contribution in [1.82, 2.24) is 5.32 Å². The van der Waals surface area contributed by atoms with Gasteiger partial charge in [0.2, 0.25) is 5.91 Å². The summed E-state index contributed by atoms with van der Waals surface area (Å²) in [5.41, 5.74) is -1.12. The molecule has 5 heteroatoms. The van der Waals surface area contributed by atoms with E-state index in [0.717, 1.165) is 32.5 Å². The summed E-state index contributed by atoms with van der Waals surface area (Å²) in [7, 11) is 1.29. The minimum atomic E-state index is -1.12. The van der Waals surface area contributed by atoms with Gasteiger partial charge in [-0.2, -0.15) is 0 Å². The van der Waals surface area contributed by atoms with Gasteiger partial charge in [0.05, 0.1) is 7.11 Å². The molecule has 0 aromatic carbocycles. The minimum absolute atomic E-state index is 0.276. The van der Waals surface area contributed by atoms with Crippen LogP contribution in [0.2, 0.25) is 0 Å². The van der Waals surface area contributed by atoms with Gasteiger partial charge >= 0.3 is 5.97 Å². The van der Waals surface area contributed by atoms with Crippen LogP contribution in [0.1, 0.15) is 33.1 Å². The number of carbonyl (C=O) groups is 2. The van der Waals surface area contributed by atoms with Gasteiger partial charge in [0.1, 0.15) is 5.41 Å². The highest BCUT2D eigenvalue weighted by Crippen LogP contribution is 2.19. The van der Waals surface area contributed by atoms with Crippen LogP contribution in [0, 0.1) is 11.3 Å². The monoisotopic (exact) mass is 257 g/mol. The Balaban J connectivity index is 2.29. The van der Waals surface area contributed by atoms with Crippen LogP contribution >= 0.6 is 0 Å². The summed E-state index contributed by atoms with van der Waals surface area (Å²) in [5, 5.41) is 2.80. The fourth-order valence-corrected chi connectivity index (χ4v) is 1.99. The van der Waals surface area contributed by atoms with Crippen LogP contribution in [-0.4, -0.2) is 38.7 Å². The van der Waals surface area contributed by atoms with E-state index in [1.54, 1.807) is 13.8 Å². The summed E-state index contributed by atoms with van der Waals surface area (Å²) in [6, 6.07) is 0. The molecule has 0 radical (unpaired) electrons. The summed E-state index contributed by atoms with van der Waals surface area (Å²) in [6.45, 7) is 5.37. The molecule has 0 atom stereocenters. The summed E-state index contributed by atoms with van der Waals surface area (Å²) in [5.74, 6) is -0.173. The molecule has 1 heterocycles. The third kappa shape index (κ3) is 3.98. The second kappa shape index (κ2) is 6.73. The van der Waals surface area contributed by atoms with Crippen LogP contribution in [0.3, 0.4) is 0 Å². The van der Waals surface area contributed by atoms with Gasteiger partial charge < -0.3 is 14.8 Å². The average Bonchev–Trinajstić information content (AvgIpc) is 2.38. The second-order valence-corrected chi connectivity index (χ2v) is 5.22.